The van der Waals surface area contributed by atoms with Gasteiger partial charge in [-0.15, -0.1) is 4.91 Å². The first-order valence-corrected chi connectivity index (χ1v) is 2.32. The molecule has 2 nitrogen and oxygen atoms in total. The molecule has 3 heteroatoms. The number of rotatable bonds is 1. The van der Waals surface area contributed by atoms with Gasteiger partial charge < -0.3 is 0 Å². The third-order valence-electron chi connectivity index (χ3n) is 0.862. The molecular formula is C6H7NOS. The van der Waals surface area contributed by atoms with Crippen molar-refractivity contribution >= 4 is 19.2 Å². The van der Waals surface area contributed by atoms with Crippen molar-refractivity contribution in [2.45, 2.75) is 0 Å². The summed E-state index contributed by atoms with van der Waals surface area (Å²) in [5.41, 5.74) is 0.479. The molecule has 0 saturated heterocycles. The van der Waals surface area contributed by atoms with Crippen molar-refractivity contribution in [2.75, 3.05) is 0 Å². The monoisotopic (exact) mass is 141 g/mol. The van der Waals surface area contributed by atoms with Crippen LogP contribution < -0.4 is 0 Å². The number of benzene rings is 1. The van der Waals surface area contributed by atoms with Crippen LogP contribution in [0, 0.1) is 4.91 Å². The lowest BCUT2D eigenvalue weighted by Gasteiger charge is -1.80. The van der Waals surface area contributed by atoms with E-state index < -0.39 is 0 Å². The van der Waals surface area contributed by atoms with Gasteiger partial charge in [0.15, 0.2) is 0 Å². The summed E-state index contributed by atoms with van der Waals surface area (Å²) in [6.45, 7) is 0. The van der Waals surface area contributed by atoms with Crippen molar-refractivity contribution in [3.05, 3.63) is 35.2 Å². The molecule has 0 fully saturated rings. The van der Waals surface area contributed by atoms with Crippen LogP contribution in [-0.4, -0.2) is 0 Å². The standard InChI is InChI=1S/C6H5NO.H2S/c8-7-6-4-2-1-3-5-6;/h1-5H;1H2. The molecule has 0 heterocycles. The van der Waals surface area contributed by atoms with Crippen molar-refractivity contribution in [2.24, 2.45) is 5.18 Å². The van der Waals surface area contributed by atoms with Crippen LogP contribution in [0.5, 0.6) is 0 Å². The van der Waals surface area contributed by atoms with E-state index in [1.54, 1.807) is 24.3 Å². The van der Waals surface area contributed by atoms with E-state index >= 15 is 0 Å². The molecule has 0 N–H and O–H groups in total. The zero-order valence-electron chi connectivity index (χ0n) is 4.74. The highest BCUT2D eigenvalue weighted by molar-refractivity contribution is 7.59. The van der Waals surface area contributed by atoms with Crippen molar-refractivity contribution in [1.29, 1.82) is 0 Å². The van der Waals surface area contributed by atoms with Crippen LogP contribution in [0.2, 0.25) is 0 Å². The van der Waals surface area contributed by atoms with Gasteiger partial charge in [0, 0.05) is 0 Å². The molecule has 48 valence electrons. The first kappa shape index (κ1) is 8.17. The molecule has 1 rings (SSSR count). The first-order chi connectivity index (χ1) is 3.93. The van der Waals surface area contributed by atoms with Gasteiger partial charge in [0.25, 0.3) is 0 Å². The Morgan fingerprint density at radius 2 is 1.67 bits per heavy atom. The van der Waals surface area contributed by atoms with E-state index in [1.807, 2.05) is 6.07 Å². The predicted octanol–water partition coefficient (Wildman–Crippen LogP) is 2.20. The van der Waals surface area contributed by atoms with Crippen LogP contribution in [0.15, 0.2) is 35.5 Å². The fraction of sp³-hybridized carbons (Fsp3) is 0. The summed E-state index contributed by atoms with van der Waals surface area (Å²) < 4.78 is 0. The molecule has 0 spiro atoms. The Labute approximate surface area is 60.3 Å². The van der Waals surface area contributed by atoms with E-state index in [0.717, 1.165) is 0 Å². The Morgan fingerprint density at radius 1 is 1.11 bits per heavy atom. The van der Waals surface area contributed by atoms with Crippen LogP contribution in [0.25, 0.3) is 0 Å². The smallest absolute Gasteiger partial charge is 0.107 e. The lowest BCUT2D eigenvalue weighted by Crippen LogP contribution is -1.56. The highest BCUT2D eigenvalue weighted by Gasteiger charge is 1.81. The van der Waals surface area contributed by atoms with Gasteiger partial charge >= 0.3 is 0 Å². The van der Waals surface area contributed by atoms with E-state index in [0.29, 0.717) is 5.69 Å². The fourth-order valence-corrected chi connectivity index (χ4v) is 0.489. The molecule has 0 radical (unpaired) electrons. The molecule has 9 heavy (non-hydrogen) atoms. The quantitative estimate of drug-likeness (QED) is 0.551. The Kier molecular flexibility index (Phi) is 3.71. The molecule has 0 aromatic heterocycles. The number of nitroso groups, excluding NO2 is 1. The van der Waals surface area contributed by atoms with Gasteiger partial charge in [-0.25, -0.2) is 0 Å². The minimum atomic E-state index is 0. The summed E-state index contributed by atoms with van der Waals surface area (Å²) in [4.78, 5) is 9.76. The maximum Gasteiger partial charge on any atom is 0.107 e. The van der Waals surface area contributed by atoms with Crippen molar-refractivity contribution in [3.8, 4) is 0 Å². The largest absolute Gasteiger partial charge is 0.197 e. The minimum absolute atomic E-state index is 0. The van der Waals surface area contributed by atoms with Crippen LogP contribution in [-0.2, 0) is 0 Å². The Hall–Kier alpha value is -0.830. The van der Waals surface area contributed by atoms with Gasteiger partial charge in [-0.1, -0.05) is 18.2 Å². The number of hydrogen-bond donors (Lipinski definition) is 0. The summed E-state index contributed by atoms with van der Waals surface area (Å²) in [7, 11) is 0. The van der Waals surface area contributed by atoms with Gasteiger partial charge in [-0.2, -0.15) is 13.5 Å². The molecule has 1 aromatic rings. The molecule has 1 aromatic carbocycles. The molecule has 0 aliphatic heterocycles. The van der Waals surface area contributed by atoms with E-state index in [1.165, 1.54) is 0 Å². The Balaban J connectivity index is 0.000000640. The Bertz CT molecular complexity index is 176. The zero-order valence-corrected chi connectivity index (χ0v) is 5.74. The van der Waals surface area contributed by atoms with Gasteiger partial charge in [0.2, 0.25) is 0 Å². The Morgan fingerprint density at radius 3 is 2.00 bits per heavy atom. The van der Waals surface area contributed by atoms with E-state index in [2.05, 4.69) is 5.18 Å². The van der Waals surface area contributed by atoms with Crippen LogP contribution >= 0.6 is 13.5 Å². The molecule has 0 unspecified atom stereocenters. The summed E-state index contributed by atoms with van der Waals surface area (Å²) in [6, 6.07) is 8.71. The van der Waals surface area contributed by atoms with Crippen LogP contribution in [0.1, 0.15) is 0 Å². The summed E-state index contributed by atoms with van der Waals surface area (Å²) in [5, 5.41) is 2.72. The van der Waals surface area contributed by atoms with Gasteiger partial charge in [0.1, 0.15) is 5.69 Å². The number of nitrogens with zero attached hydrogens (tertiary/aromatic N) is 1. The minimum Gasteiger partial charge on any atom is -0.197 e. The van der Waals surface area contributed by atoms with Crippen LogP contribution in [0.3, 0.4) is 0 Å². The van der Waals surface area contributed by atoms with Gasteiger partial charge in [-0.05, 0) is 17.3 Å². The number of hydrogen-bond acceptors (Lipinski definition) is 2. The molecule has 0 saturated carbocycles. The maximum atomic E-state index is 9.76. The molecule has 0 aliphatic rings. The van der Waals surface area contributed by atoms with E-state index in [4.69, 9.17) is 0 Å². The highest BCUT2D eigenvalue weighted by Crippen LogP contribution is 2.07. The summed E-state index contributed by atoms with van der Waals surface area (Å²) in [6.07, 6.45) is 0. The lowest BCUT2D eigenvalue weighted by molar-refractivity contribution is 1.50. The topological polar surface area (TPSA) is 29.4 Å². The van der Waals surface area contributed by atoms with E-state index in [9.17, 15) is 4.91 Å². The second kappa shape index (κ2) is 4.09. The van der Waals surface area contributed by atoms with Gasteiger partial charge in [0.05, 0.1) is 0 Å². The van der Waals surface area contributed by atoms with E-state index in [-0.39, 0.29) is 13.5 Å². The second-order valence-corrected chi connectivity index (χ2v) is 1.43. The fourth-order valence-electron chi connectivity index (χ4n) is 0.489. The molecule has 0 amide bonds. The average Bonchev–Trinajstić information content (AvgIpc) is 1.90. The molecule has 0 aliphatic carbocycles. The SMILES string of the molecule is O=Nc1ccccc1.S. The summed E-state index contributed by atoms with van der Waals surface area (Å²) in [5.74, 6) is 0. The third-order valence-corrected chi connectivity index (χ3v) is 0.862. The zero-order chi connectivity index (χ0) is 5.82. The van der Waals surface area contributed by atoms with Crippen LogP contribution in [0.4, 0.5) is 5.69 Å². The second-order valence-electron chi connectivity index (χ2n) is 1.43. The lowest BCUT2D eigenvalue weighted by atomic mass is 10.3. The van der Waals surface area contributed by atoms with Crippen molar-refractivity contribution in [1.82, 2.24) is 0 Å². The molecular weight excluding hydrogens is 134 g/mol. The first-order valence-electron chi connectivity index (χ1n) is 2.32. The van der Waals surface area contributed by atoms with Gasteiger partial charge in [-0.3, -0.25) is 0 Å². The predicted molar refractivity (Wildman–Crippen MR) is 42.3 cm³/mol. The maximum absolute atomic E-state index is 9.76. The highest BCUT2D eigenvalue weighted by atomic mass is 32.1. The third kappa shape index (κ3) is 2.28. The van der Waals surface area contributed by atoms with Crippen molar-refractivity contribution < 1.29 is 0 Å². The average molecular weight is 141 g/mol. The van der Waals surface area contributed by atoms with Crippen molar-refractivity contribution in [3.63, 3.8) is 0 Å². The summed E-state index contributed by atoms with van der Waals surface area (Å²) >= 11 is 0. The normalized spacial score (nSPS) is 7.56. The molecule has 0 atom stereocenters. The molecule has 0 bridgehead atoms.